The van der Waals surface area contributed by atoms with Crippen LogP contribution in [0.15, 0.2) is 48.7 Å². The highest BCUT2D eigenvalue weighted by Gasteiger charge is 2.54. The average molecular weight is 586 g/mol. The fourth-order valence-electron chi connectivity index (χ4n) is 5.42. The molecule has 1 aliphatic carbocycles. The number of carbonyl (C=O) groups excluding carboxylic acids is 2. The Bertz CT molecular complexity index is 1440. The molecule has 0 unspecified atom stereocenters. The van der Waals surface area contributed by atoms with E-state index >= 15 is 0 Å². The van der Waals surface area contributed by atoms with Gasteiger partial charge >= 0.3 is 0 Å². The quantitative estimate of drug-likeness (QED) is 0.332. The Labute approximate surface area is 241 Å². The predicted molar refractivity (Wildman–Crippen MR) is 149 cm³/mol. The number of nitrogens with one attached hydrogen (secondary N) is 1. The first kappa shape index (κ1) is 28.5. The summed E-state index contributed by atoms with van der Waals surface area (Å²) in [7, 11) is 0. The van der Waals surface area contributed by atoms with Crippen molar-refractivity contribution in [2.75, 3.05) is 31.1 Å². The van der Waals surface area contributed by atoms with Crippen molar-refractivity contribution < 1.29 is 27.8 Å². The number of nitrogens with zero attached hydrogens (tertiary/aromatic N) is 3. The summed E-state index contributed by atoms with van der Waals surface area (Å²) in [5, 5.41) is 2.95. The summed E-state index contributed by atoms with van der Waals surface area (Å²) in [6.45, 7) is 3.58. The number of rotatable bonds is 11. The van der Waals surface area contributed by atoms with E-state index in [1.165, 1.54) is 6.07 Å². The third-order valence-electron chi connectivity index (χ3n) is 7.29. The Morgan fingerprint density at radius 2 is 2.00 bits per heavy atom. The van der Waals surface area contributed by atoms with Crippen molar-refractivity contribution >= 4 is 29.1 Å². The zero-order valence-corrected chi connectivity index (χ0v) is 23.2. The monoisotopic (exact) mass is 585 g/mol. The van der Waals surface area contributed by atoms with Crippen LogP contribution in [0.25, 0.3) is 11.3 Å². The first-order valence-corrected chi connectivity index (χ1v) is 13.7. The van der Waals surface area contributed by atoms with Gasteiger partial charge in [0.05, 0.1) is 17.9 Å². The summed E-state index contributed by atoms with van der Waals surface area (Å²) in [6, 6.07) is 11.5. The number of carbonyl (C=O) groups is 2. The number of nitrogens with two attached hydrogens (primary N) is 1. The molecule has 1 spiro atoms. The standard InChI is InChI=1S/C29H30ClF2N5O4/c1-2-40-28-19(4-3-10-35-28)21-6-8-23(25(36-21)27(39)34-11-9-24(33)38)41-18-13-29(14-18)15-37(16-29)22-7-5-17(30)12-20(22)26(31)32/h3-8,10,12,18,26H,2,9,11,13-16H2,1H3,(H2,33,38)(H,34,39). The van der Waals surface area contributed by atoms with Crippen molar-refractivity contribution in [1.29, 1.82) is 0 Å². The molecule has 3 aromatic rings. The minimum Gasteiger partial charge on any atom is -0.488 e. The van der Waals surface area contributed by atoms with Gasteiger partial charge in [-0.3, -0.25) is 9.59 Å². The van der Waals surface area contributed by atoms with Crippen molar-refractivity contribution in [2.24, 2.45) is 11.1 Å². The molecule has 1 saturated heterocycles. The SMILES string of the molecule is CCOc1ncccc1-c1ccc(OC2CC3(C2)CN(c2ccc(Cl)cc2C(F)F)C3)c(C(=O)NCCC(N)=O)n1. The van der Waals surface area contributed by atoms with Gasteiger partial charge in [-0.2, -0.15) is 0 Å². The van der Waals surface area contributed by atoms with E-state index in [1.54, 1.807) is 42.6 Å². The second-order valence-corrected chi connectivity index (χ2v) is 10.7. The van der Waals surface area contributed by atoms with Crippen LogP contribution in [0.2, 0.25) is 5.02 Å². The molecule has 1 aromatic carbocycles. The Kier molecular flexibility index (Phi) is 8.25. The number of halogens is 3. The fourth-order valence-corrected chi connectivity index (χ4v) is 5.60. The van der Waals surface area contributed by atoms with Crippen LogP contribution in [0, 0.1) is 5.41 Å². The van der Waals surface area contributed by atoms with Crippen LogP contribution >= 0.6 is 11.6 Å². The third kappa shape index (κ3) is 6.19. The van der Waals surface area contributed by atoms with Gasteiger partial charge in [0.15, 0.2) is 11.4 Å². The lowest BCUT2D eigenvalue weighted by Gasteiger charge is -2.59. The smallest absolute Gasteiger partial charge is 0.273 e. The first-order chi connectivity index (χ1) is 19.7. The van der Waals surface area contributed by atoms with Crippen LogP contribution < -0.4 is 25.4 Å². The number of ether oxygens (including phenoxy) is 2. The van der Waals surface area contributed by atoms with Crippen molar-refractivity contribution in [1.82, 2.24) is 15.3 Å². The Morgan fingerprint density at radius 3 is 2.71 bits per heavy atom. The first-order valence-electron chi connectivity index (χ1n) is 13.3. The van der Waals surface area contributed by atoms with E-state index in [1.807, 2.05) is 11.8 Å². The maximum absolute atomic E-state index is 13.6. The van der Waals surface area contributed by atoms with Crippen molar-refractivity contribution in [3.63, 3.8) is 0 Å². The average Bonchev–Trinajstić information content (AvgIpc) is 2.90. The highest BCUT2D eigenvalue weighted by Crippen LogP contribution is 2.52. The second-order valence-electron chi connectivity index (χ2n) is 10.3. The van der Waals surface area contributed by atoms with E-state index in [4.69, 9.17) is 26.8 Å². The molecule has 2 fully saturated rings. The molecule has 1 saturated carbocycles. The van der Waals surface area contributed by atoms with E-state index in [2.05, 4.69) is 15.3 Å². The Balaban J connectivity index is 1.30. The number of amides is 2. The highest BCUT2D eigenvalue weighted by molar-refractivity contribution is 6.30. The molecular formula is C29H30ClF2N5O4. The van der Waals surface area contributed by atoms with Gasteiger partial charge in [0.2, 0.25) is 11.8 Å². The molecular weight excluding hydrogens is 556 g/mol. The Morgan fingerprint density at radius 1 is 1.22 bits per heavy atom. The van der Waals surface area contributed by atoms with Gasteiger partial charge in [-0.05, 0) is 62.2 Å². The highest BCUT2D eigenvalue weighted by atomic mass is 35.5. The number of alkyl halides is 2. The van der Waals surface area contributed by atoms with Gasteiger partial charge in [0.1, 0.15) is 6.10 Å². The third-order valence-corrected chi connectivity index (χ3v) is 7.53. The van der Waals surface area contributed by atoms with Crippen LogP contribution in [0.5, 0.6) is 11.6 Å². The number of benzene rings is 1. The van der Waals surface area contributed by atoms with Crippen LogP contribution in [0.4, 0.5) is 14.5 Å². The van der Waals surface area contributed by atoms with Gasteiger partial charge < -0.3 is 25.4 Å². The zero-order chi connectivity index (χ0) is 29.1. The summed E-state index contributed by atoms with van der Waals surface area (Å²) in [4.78, 5) is 35.0. The van der Waals surface area contributed by atoms with Crippen LogP contribution in [-0.4, -0.2) is 54.1 Å². The number of primary amides is 1. The van der Waals surface area contributed by atoms with Gasteiger partial charge in [0.25, 0.3) is 12.3 Å². The van der Waals surface area contributed by atoms with Gasteiger partial charge in [0, 0.05) is 53.9 Å². The summed E-state index contributed by atoms with van der Waals surface area (Å²) in [5.41, 5.74) is 6.76. The second kappa shape index (κ2) is 11.9. The van der Waals surface area contributed by atoms with E-state index < -0.39 is 18.2 Å². The lowest BCUT2D eigenvalue weighted by atomic mass is 9.61. The predicted octanol–water partition coefficient (Wildman–Crippen LogP) is 4.79. The van der Waals surface area contributed by atoms with Crippen LogP contribution in [0.1, 0.15) is 48.7 Å². The summed E-state index contributed by atoms with van der Waals surface area (Å²) in [5.74, 6) is -0.340. The number of hydrogen-bond donors (Lipinski definition) is 2. The van der Waals surface area contributed by atoms with E-state index in [0.717, 1.165) is 0 Å². The molecule has 9 nitrogen and oxygen atoms in total. The lowest BCUT2D eigenvalue weighted by Crippen LogP contribution is -2.65. The van der Waals surface area contributed by atoms with Crippen LogP contribution in [0.3, 0.4) is 0 Å². The summed E-state index contributed by atoms with van der Waals surface area (Å²) in [6.07, 6.45) is 0.238. The number of hydrogen-bond acceptors (Lipinski definition) is 7. The molecule has 2 aliphatic rings. The largest absolute Gasteiger partial charge is 0.488 e. The summed E-state index contributed by atoms with van der Waals surface area (Å²) >= 11 is 5.93. The van der Waals surface area contributed by atoms with Crippen molar-refractivity contribution in [3.05, 3.63) is 64.9 Å². The topological polar surface area (TPSA) is 120 Å². The minimum absolute atomic E-state index is 0.0126. The molecule has 2 aromatic heterocycles. The molecule has 1 aliphatic heterocycles. The van der Waals surface area contributed by atoms with Gasteiger partial charge in [-0.1, -0.05) is 11.6 Å². The molecule has 41 heavy (non-hydrogen) atoms. The molecule has 216 valence electrons. The lowest BCUT2D eigenvalue weighted by molar-refractivity contribution is -0.117. The molecule has 0 atom stereocenters. The van der Waals surface area contributed by atoms with Gasteiger partial charge in [-0.25, -0.2) is 18.7 Å². The van der Waals surface area contributed by atoms with Gasteiger partial charge in [-0.15, -0.1) is 0 Å². The molecule has 0 radical (unpaired) electrons. The maximum atomic E-state index is 13.6. The normalized spacial score (nSPS) is 15.8. The maximum Gasteiger partial charge on any atom is 0.273 e. The number of pyridine rings is 2. The molecule has 3 heterocycles. The van der Waals surface area contributed by atoms with E-state index in [-0.39, 0.29) is 40.8 Å². The molecule has 0 bridgehead atoms. The van der Waals surface area contributed by atoms with Crippen molar-refractivity contribution in [3.8, 4) is 22.9 Å². The molecule has 2 amide bonds. The molecule has 12 heteroatoms. The van der Waals surface area contributed by atoms with Crippen LogP contribution in [-0.2, 0) is 4.79 Å². The summed E-state index contributed by atoms with van der Waals surface area (Å²) < 4.78 is 39.0. The van der Waals surface area contributed by atoms with Crippen molar-refractivity contribution in [2.45, 2.75) is 38.7 Å². The zero-order valence-electron chi connectivity index (χ0n) is 22.4. The molecule has 5 rings (SSSR count). The number of aromatic nitrogens is 2. The fraction of sp³-hybridized carbons (Fsp3) is 0.379. The van der Waals surface area contributed by atoms with E-state index in [9.17, 15) is 18.4 Å². The van der Waals surface area contributed by atoms with E-state index in [0.29, 0.717) is 61.1 Å². The number of anilines is 1. The molecule has 3 N–H and O–H groups in total. The Hall–Kier alpha value is -3.99. The minimum atomic E-state index is -2.61.